The summed E-state index contributed by atoms with van der Waals surface area (Å²) >= 11 is 0.683. The van der Waals surface area contributed by atoms with Gasteiger partial charge in [-0.2, -0.15) is 31.6 Å². The van der Waals surface area contributed by atoms with Crippen molar-refractivity contribution < 1.29 is 31.1 Å². The summed E-state index contributed by atoms with van der Waals surface area (Å²) in [5.41, 5.74) is -4.46. The SMILES string of the molecule is CC(C)C(=O)NC(Nc1sc2c(c1C#N)CCC2)(C(F)(F)F)C(F)(F)F. The monoisotopic (exact) mass is 399 g/mol. The Morgan fingerprint density at radius 3 is 2.19 bits per heavy atom. The maximum atomic E-state index is 13.5. The van der Waals surface area contributed by atoms with E-state index in [9.17, 15) is 36.4 Å². The Bertz CT molecular complexity index is 730. The Labute approximate surface area is 149 Å². The van der Waals surface area contributed by atoms with Gasteiger partial charge in [-0.3, -0.25) is 4.79 Å². The highest BCUT2D eigenvalue weighted by atomic mass is 32.1. The highest BCUT2D eigenvalue weighted by molar-refractivity contribution is 7.16. The van der Waals surface area contributed by atoms with Gasteiger partial charge in [0.1, 0.15) is 11.1 Å². The van der Waals surface area contributed by atoms with Gasteiger partial charge in [0.15, 0.2) is 0 Å². The second kappa shape index (κ2) is 6.64. The predicted molar refractivity (Wildman–Crippen MR) is 82.5 cm³/mol. The lowest BCUT2D eigenvalue weighted by molar-refractivity contribution is -0.296. The maximum Gasteiger partial charge on any atom is 0.439 e. The van der Waals surface area contributed by atoms with Crippen LogP contribution in [0.1, 0.15) is 36.3 Å². The zero-order valence-electron chi connectivity index (χ0n) is 13.7. The van der Waals surface area contributed by atoms with E-state index in [4.69, 9.17) is 0 Å². The molecule has 0 bridgehead atoms. The van der Waals surface area contributed by atoms with Crippen LogP contribution in [0.15, 0.2) is 0 Å². The Morgan fingerprint density at radius 2 is 1.73 bits per heavy atom. The molecule has 0 unspecified atom stereocenters. The van der Waals surface area contributed by atoms with Crippen LogP contribution >= 0.6 is 11.3 Å². The van der Waals surface area contributed by atoms with Crippen LogP contribution in [-0.2, 0) is 17.6 Å². The molecule has 1 aromatic rings. The summed E-state index contributed by atoms with van der Waals surface area (Å²) < 4.78 is 81.3. The molecule has 0 atom stereocenters. The normalized spacial score (nSPS) is 14.9. The fourth-order valence-electron chi connectivity index (χ4n) is 2.59. The first-order valence-corrected chi connectivity index (χ1v) is 8.44. The largest absolute Gasteiger partial charge is 0.439 e. The van der Waals surface area contributed by atoms with E-state index >= 15 is 0 Å². The molecule has 1 aromatic heterocycles. The van der Waals surface area contributed by atoms with E-state index in [-0.39, 0.29) is 5.56 Å². The van der Waals surface area contributed by atoms with Crippen LogP contribution < -0.4 is 10.6 Å². The Balaban J connectivity index is 2.58. The van der Waals surface area contributed by atoms with Crippen molar-refractivity contribution in [2.24, 2.45) is 5.92 Å². The number of rotatable bonds is 4. The molecule has 11 heteroatoms. The number of hydrogen-bond donors (Lipinski definition) is 2. The number of amides is 1. The van der Waals surface area contributed by atoms with E-state index in [2.05, 4.69) is 0 Å². The quantitative estimate of drug-likeness (QED) is 0.592. The zero-order valence-corrected chi connectivity index (χ0v) is 14.5. The number of carbonyl (C=O) groups is 1. The molecule has 0 saturated carbocycles. The number of thiophene rings is 1. The maximum absolute atomic E-state index is 13.5. The van der Waals surface area contributed by atoms with Gasteiger partial charge in [0, 0.05) is 10.8 Å². The van der Waals surface area contributed by atoms with E-state index < -0.39 is 34.8 Å². The minimum atomic E-state index is -5.89. The van der Waals surface area contributed by atoms with Gasteiger partial charge >= 0.3 is 18.0 Å². The molecule has 2 rings (SSSR count). The number of nitriles is 1. The molecule has 1 amide bonds. The van der Waals surface area contributed by atoms with Crippen LogP contribution in [0.3, 0.4) is 0 Å². The fourth-order valence-corrected chi connectivity index (χ4v) is 3.88. The van der Waals surface area contributed by atoms with Crippen molar-refractivity contribution in [3.63, 3.8) is 0 Å². The average Bonchev–Trinajstić information content (AvgIpc) is 3.03. The Kier molecular flexibility index (Phi) is 5.20. The van der Waals surface area contributed by atoms with Gasteiger partial charge in [0.2, 0.25) is 5.91 Å². The lowest BCUT2D eigenvalue weighted by atomic mass is 10.1. The van der Waals surface area contributed by atoms with Gasteiger partial charge in [0.05, 0.1) is 5.56 Å². The van der Waals surface area contributed by atoms with Crippen molar-refractivity contribution in [1.82, 2.24) is 5.32 Å². The standard InChI is InChI=1S/C15H15F6N3OS/c1-7(2)11(25)23-13(14(16,17)18,15(19,20)21)24-12-9(6-22)8-4-3-5-10(8)26-12/h7,24H,3-5H2,1-2H3,(H,23,25). The van der Waals surface area contributed by atoms with Crippen molar-refractivity contribution in [3.05, 3.63) is 16.0 Å². The third kappa shape index (κ3) is 3.34. The third-order valence-corrected chi connectivity index (χ3v) is 5.23. The summed E-state index contributed by atoms with van der Waals surface area (Å²) in [7, 11) is 0. The van der Waals surface area contributed by atoms with Crippen molar-refractivity contribution in [3.8, 4) is 6.07 Å². The number of nitrogens with one attached hydrogen (secondary N) is 2. The topological polar surface area (TPSA) is 64.9 Å². The van der Waals surface area contributed by atoms with Gasteiger partial charge in [-0.1, -0.05) is 13.8 Å². The lowest BCUT2D eigenvalue weighted by Crippen LogP contribution is -2.72. The van der Waals surface area contributed by atoms with Crippen LogP contribution in [0.2, 0.25) is 0 Å². The number of aryl methyl sites for hydroxylation is 1. The molecule has 0 spiro atoms. The third-order valence-electron chi connectivity index (χ3n) is 4.02. The van der Waals surface area contributed by atoms with E-state index in [0.717, 1.165) is 5.32 Å². The smallest absolute Gasteiger partial charge is 0.338 e. The Morgan fingerprint density at radius 1 is 1.15 bits per heavy atom. The molecule has 0 aromatic carbocycles. The summed E-state index contributed by atoms with van der Waals surface area (Å²) in [4.78, 5) is 12.3. The number of fused-ring (bicyclic) bond motifs is 1. The first-order valence-electron chi connectivity index (χ1n) is 7.62. The lowest BCUT2D eigenvalue weighted by Gasteiger charge is -2.39. The second-order valence-corrected chi connectivity index (χ2v) is 7.29. The molecule has 4 nitrogen and oxygen atoms in total. The van der Waals surface area contributed by atoms with Gasteiger partial charge in [-0.05, 0) is 24.8 Å². The van der Waals surface area contributed by atoms with Crippen LogP contribution in [0.25, 0.3) is 0 Å². The van der Waals surface area contributed by atoms with Crippen molar-refractivity contribution in [2.75, 3.05) is 5.32 Å². The molecule has 2 N–H and O–H groups in total. The number of carbonyl (C=O) groups excluding carboxylic acids is 1. The van der Waals surface area contributed by atoms with E-state index in [0.29, 0.717) is 41.0 Å². The van der Waals surface area contributed by atoms with Crippen LogP contribution in [-0.4, -0.2) is 23.9 Å². The van der Waals surface area contributed by atoms with Crippen molar-refractivity contribution in [1.29, 1.82) is 5.26 Å². The number of alkyl halides is 6. The van der Waals surface area contributed by atoms with Gasteiger partial charge in [-0.25, -0.2) is 0 Å². The fraction of sp³-hybridized carbons (Fsp3) is 0.600. The number of halogens is 6. The van der Waals surface area contributed by atoms with Crippen LogP contribution in [0.4, 0.5) is 31.3 Å². The number of hydrogen-bond acceptors (Lipinski definition) is 4. The summed E-state index contributed by atoms with van der Waals surface area (Å²) in [6.07, 6.45) is -10.2. The molecular formula is C15H15F6N3OS. The molecule has 0 saturated heterocycles. The molecule has 0 fully saturated rings. The molecule has 1 aliphatic rings. The minimum Gasteiger partial charge on any atom is -0.338 e. The first-order chi connectivity index (χ1) is 11.8. The Hall–Kier alpha value is -1.96. The molecule has 0 radical (unpaired) electrons. The highest BCUT2D eigenvalue weighted by Gasteiger charge is 2.73. The molecule has 26 heavy (non-hydrogen) atoms. The molecule has 1 aliphatic carbocycles. The molecule has 144 valence electrons. The highest BCUT2D eigenvalue weighted by Crippen LogP contribution is 2.47. The number of nitrogens with zero attached hydrogens (tertiary/aromatic N) is 1. The summed E-state index contributed by atoms with van der Waals surface area (Å²) in [5, 5.41) is 11.2. The minimum absolute atomic E-state index is 0.237. The molecular weight excluding hydrogens is 384 g/mol. The van der Waals surface area contributed by atoms with Crippen LogP contribution in [0.5, 0.6) is 0 Å². The summed E-state index contributed by atoms with van der Waals surface area (Å²) in [6.45, 7) is 2.35. The summed E-state index contributed by atoms with van der Waals surface area (Å²) in [5.74, 6) is -2.53. The molecule has 1 heterocycles. The average molecular weight is 399 g/mol. The van der Waals surface area contributed by atoms with Gasteiger partial charge in [0.25, 0.3) is 0 Å². The first kappa shape index (κ1) is 20.4. The molecule has 0 aliphatic heterocycles. The number of anilines is 1. The predicted octanol–water partition coefficient (Wildman–Crippen LogP) is 4.11. The summed E-state index contributed by atoms with van der Waals surface area (Å²) in [6, 6.07) is 1.68. The van der Waals surface area contributed by atoms with E-state index in [1.54, 1.807) is 6.07 Å². The van der Waals surface area contributed by atoms with Crippen molar-refractivity contribution >= 4 is 22.2 Å². The zero-order chi connectivity index (χ0) is 19.9. The second-order valence-electron chi connectivity index (χ2n) is 6.19. The van der Waals surface area contributed by atoms with Gasteiger partial charge < -0.3 is 10.6 Å². The van der Waals surface area contributed by atoms with Crippen molar-refractivity contribution in [2.45, 2.75) is 51.1 Å². The van der Waals surface area contributed by atoms with E-state index in [1.165, 1.54) is 19.2 Å². The van der Waals surface area contributed by atoms with E-state index in [1.807, 2.05) is 0 Å². The van der Waals surface area contributed by atoms with Gasteiger partial charge in [-0.15, -0.1) is 11.3 Å². The van der Waals surface area contributed by atoms with Crippen LogP contribution in [0, 0.1) is 17.2 Å².